The number of hydrogen-bond acceptors (Lipinski definition) is 3. The lowest BCUT2D eigenvalue weighted by Gasteiger charge is -2.06. The molecule has 0 atom stereocenters. The molecule has 1 rings (SSSR count). The molecule has 0 amide bonds. The zero-order chi connectivity index (χ0) is 11.3. The largest absolute Gasteiger partial charge is 0.465 e. The van der Waals surface area contributed by atoms with Gasteiger partial charge in [-0.2, -0.15) is 0 Å². The van der Waals surface area contributed by atoms with Crippen LogP contribution in [0.3, 0.4) is 0 Å². The van der Waals surface area contributed by atoms with E-state index in [1.54, 1.807) is 37.3 Å². The van der Waals surface area contributed by atoms with Crippen molar-refractivity contribution < 1.29 is 14.3 Å². The minimum Gasteiger partial charge on any atom is -0.465 e. The molecule has 0 fully saturated rings. The van der Waals surface area contributed by atoms with E-state index in [1.807, 2.05) is 0 Å². The van der Waals surface area contributed by atoms with Crippen LogP contribution in [0.5, 0.6) is 0 Å². The van der Waals surface area contributed by atoms with Gasteiger partial charge in [-0.25, -0.2) is 4.79 Å². The van der Waals surface area contributed by atoms with Crippen molar-refractivity contribution in [1.82, 2.24) is 0 Å². The summed E-state index contributed by atoms with van der Waals surface area (Å²) in [7, 11) is 1.31. The maximum Gasteiger partial charge on any atom is 0.338 e. The number of hydrogen-bond donors (Lipinski definition) is 0. The van der Waals surface area contributed by atoms with Crippen molar-refractivity contribution in [2.75, 3.05) is 7.11 Å². The Balaban J connectivity index is 3.24. The Hall–Kier alpha value is -1.90. The van der Waals surface area contributed by atoms with Gasteiger partial charge in [-0.15, -0.1) is 0 Å². The summed E-state index contributed by atoms with van der Waals surface area (Å²) in [5.41, 5.74) is 1.48. The quantitative estimate of drug-likeness (QED) is 0.430. The number of allylic oxidation sites excluding steroid dienone is 1. The van der Waals surface area contributed by atoms with Crippen LogP contribution >= 0.6 is 0 Å². The van der Waals surface area contributed by atoms with E-state index in [2.05, 4.69) is 4.74 Å². The molecule has 0 N–H and O–H groups in total. The Bertz CT molecular complexity index is 405. The number of carbonyl (C=O) groups is 2. The molecule has 0 spiro atoms. The van der Waals surface area contributed by atoms with Gasteiger partial charge >= 0.3 is 5.97 Å². The Kier molecular flexibility index (Phi) is 3.80. The second-order valence-corrected chi connectivity index (χ2v) is 2.90. The first-order chi connectivity index (χ1) is 7.24. The molecule has 1 aromatic carbocycles. The Morgan fingerprint density at radius 3 is 2.53 bits per heavy atom. The lowest BCUT2D eigenvalue weighted by molar-refractivity contribution is -0.133. The van der Waals surface area contributed by atoms with E-state index in [0.29, 0.717) is 16.7 Å². The molecule has 0 saturated heterocycles. The summed E-state index contributed by atoms with van der Waals surface area (Å²) in [6.45, 7) is 1.73. The van der Waals surface area contributed by atoms with Crippen LogP contribution in [0.15, 0.2) is 30.3 Å². The number of aldehydes is 1. The standard InChI is InChI=1S/C12H12O3/c1-3-10(12(14)15-2)11-7-5-4-6-9(11)8-13/h3-8H,1-2H3/b10-3+. The van der Waals surface area contributed by atoms with Gasteiger partial charge in [0.2, 0.25) is 0 Å². The van der Waals surface area contributed by atoms with Gasteiger partial charge in [0, 0.05) is 5.56 Å². The van der Waals surface area contributed by atoms with Crippen LogP contribution in [0.2, 0.25) is 0 Å². The number of carbonyl (C=O) groups excluding carboxylic acids is 2. The summed E-state index contributed by atoms with van der Waals surface area (Å²) in [5, 5.41) is 0. The second kappa shape index (κ2) is 5.10. The molecular formula is C12H12O3. The maximum absolute atomic E-state index is 11.4. The number of ether oxygens (including phenoxy) is 1. The molecule has 0 aromatic heterocycles. The van der Waals surface area contributed by atoms with Gasteiger partial charge in [0.05, 0.1) is 12.7 Å². The third-order valence-electron chi connectivity index (χ3n) is 2.07. The van der Waals surface area contributed by atoms with Crippen LogP contribution in [0, 0.1) is 0 Å². The number of esters is 1. The highest BCUT2D eigenvalue weighted by atomic mass is 16.5. The fourth-order valence-electron chi connectivity index (χ4n) is 1.34. The molecule has 1 aromatic rings. The van der Waals surface area contributed by atoms with Crippen LogP contribution in [0.1, 0.15) is 22.8 Å². The first kappa shape index (κ1) is 11.2. The zero-order valence-corrected chi connectivity index (χ0v) is 8.69. The molecule has 3 heteroatoms. The third kappa shape index (κ3) is 2.31. The average molecular weight is 204 g/mol. The molecule has 0 aliphatic heterocycles. The Morgan fingerprint density at radius 1 is 1.33 bits per heavy atom. The predicted octanol–water partition coefficient (Wildman–Crippen LogP) is 2.08. The minimum absolute atomic E-state index is 0.403. The number of benzene rings is 1. The Morgan fingerprint density at radius 2 is 2.00 bits per heavy atom. The summed E-state index contributed by atoms with van der Waals surface area (Å²) in [6, 6.07) is 6.90. The van der Waals surface area contributed by atoms with Gasteiger partial charge in [-0.05, 0) is 12.5 Å². The first-order valence-corrected chi connectivity index (χ1v) is 4.53. The molecule has 0 saturated carbocycles. The van der Waals surface area contributed by atoms with E-state index < -0.39 is 5.97 Å². The monoisotopic (exact) mass is 204 g/mol. The molecule has 0 aliphatic carbocycles. The smallest absolute Gasteiger partial charge is 0.338 e. The van der Waals surface area contributed by atoms with E-state index in [1.165, 1.54) is 7.11 Å². The lowest BCUT2D eigenvalue weighted by atomic mass is 10.0. The molecule has 0 unspecified atom stereocenters. The fourth-order valence-corrected chi connectivity index (χ4v) is 1.34. The van der Waals surface area contributed by atoms with E-state index in [-0.39, 0.29) is 0 Å². The molecule has 3 nitrogen and oxygen atoms in total. The SMILES string of the molecule is C/C=C(/C(=O)OC)c1ccccc1C=O. The summed E-state index contributed by atoms with van der Waals surface area (Å²) in [5.74, 6) is -0.438. The van der Waals surface area contributed by atoms with Gasteiger partial charge in [0.1, 0.15) is 0 Å². The summed E-state index contributed by atoms with van der Waals surface area (Å²) < 4.78 is 4.63. The van der Waals surface area contributed by atoms with Gasteiger partial charge in [-0.1, -0.05) is 30.3 Å². The van der Waals surface area contributed by atoms with Crippen molar-refractivity contribution in [2.45, 2.75) is 6.92 Å². The highest BCUT2D eigenvalue weighted by Crippen LogP contribution is 2.19. The summed E-state index contributed by atoms with van der Waals surface area (Å²) in [6.07, 6.45) is 2.36. The van der Waals surface area contributed by atoms with Crippen LogP contribution in [-0.2, 0) is 9.53 Å². The zero-order valence-electron chi connectivity index (χ0n) is 8.69. The summed E-state index contributed by atoms with van der Waals surface area (Å²) in [4.78, 5) is 22.2. The number of rotatable bonds is 3. The first-order valence-electron chi connectivity index (χ1n) is 4.53. The van der Waals surface area contributed by atoms with Gasteiger partial charge in [0.15, 0.2) is 6.29 Å². The van der Waals surface area contributed by atoms with E-state index in [9.17, 15) is 9.59 Å². The predicted molar refractivity (Wildman–Crippen MR) is 57.5 cm³/mol. The highest BCUT2D eigenvalue weighted by molar-refractivity contribution is 6.18. The van der Waals surface area contributed by atoms with Crippen LogP contribution < -0.4 is 0 Å². The normalized spacial score (nSPS) is 10.9. The van der Waals surface area contributed by atoms with E-state index in [4.69, 9.17) is 0 Å². The average Bonchev–Trinajstić information content (AvgIpc) is 2.30. The second-order valence-electron chi connectivity index (χ2n) is 2.90. The van der Waals surface area contributed by atoms with Crippen LogP contribution in [-0.4, -0.2) is 19.4 Å². The van der Waals surface area contributed by atoms with Crippen LogP contribution in [0.4, 0.5) is 0 Å². The van der Waals surface area contributed by atoms with Crippen LogP contribution in [0.25, 0.3) is 5.57 Å². The third-order valence-corrected chi connectivity index (χ3v) is 2.07. The maximum atomic E-state index is 11.4. The van der Waals surface area contributed by atoms with Gasteiger partial charge in [0.25, 0.3) is 0 Å². The molecule has 0 radical (unpaired) electrons. The van der Waals surface area contributed by atoms with Crippen molar-refractivity contribution >= 4 is 17.8 Å². The molecule has 0 heterocycles. The molecule has 15 heavy (non-hydrogen) atoms. The minimum atomic E-state index is -0.438. The van der Waals surface area contributed by atoms with Crippen molar-refractivity contribution in [3.8, 4) is 0 Å². The number of methoxy groups -OCH3 is 1. The van der Waals surface area contributed by atoms with E-state index >= 15 is 0 Å². The van der Waals surface area contributed by atoms with Gasteiger partial charge in [-0.3, -0.25) is 4.79 Å². The van der Waals surface area contributed by atoms with Crippen molar-refractivity contribution in [1.29, 1.82) is 0 Å². The molecule has 78 valence electrons. The lowest BCUT2D eigenvalue weighted by Crippen LogP contribution is -2.05. The van der Waals surface area contributed by atoms with Crippen molar-refractivity contribution in [3.05, 3.63) is 41.5 Å². The topological polar surface area (TPSA) is 43.4 Å². The molecule has 0 aliphatic rings. The molecular weight excluding hydrogens is 192 g/mol. The van der Waals surface area contributed by atoms with E-state index in [0.717, 1.165) is 6.29 Å². The summed E-state index contributed by atoms with van der Waals surface area (Å²) >= 11 is 0. The van der Waals surface area contributed by atoms with Gasteiger partial charge < -0.3 is 4.74 Å². The van der Waals surface area contributed by atoms with Crippen molar-refractivity contribution in [3.63, 3.8) is 0 Å². The highest BCUT2D eigenvalue weighted by Gasteiger charge is 2.13. The van der Waals surface area contributed by atoms with Crippen molar-refractivity contribution in [2.24, 2.45) is 0 Å². The molecule has 0 bridgehead atoms. The fraction of sp³-hybridized carbons (Fsp3) is 0.167. The Labute approximate surface area is 88.4 Å².